The smallest absolute Gasteiger partial charge is 0.137 e. The van der Waals surface area contributed by atoms with Crippen LogP contribution in [0.5, 0.6) is 5.75 Å². The highest BCUT2D eigenvalue weighted by molar-refractivity contribution is 6.32. The van der Waals surface area contributed by atoms with Crippen LogP contribution in [-0.2, 0) is 13.5 Å². The van der Waals surface area contributed by atoms with Crippen LogP contribution in [0.3, 0.4) is 0 Å². The van der Waals surface area contributed by atoms with E-state index in [1.807, 2.05) is 31.6 Å². The van der Waals surface area contributed by atoms with Crippen LogP contribution in [0.2, 0.25) is 5.02 Å². The molecular weight excluding hydrogens is 276 g/mol. The number of aromatic nitrogens is 2. The van der Waals surface area contributed by atoms with Crippen LogP contribution in [0.1, 0.15) is 28.6 Å². The summed E-state index contributed by atoms with van der Waals surface area (Å²) >= 11 is 6.00. The van der Waals surface area contributed by atoms with Gasteiger partial charge < -0.3 is 9.84 Å². The van der Waals surface area contributed by atoms with Gasteiger partial charge in [0.1, 0.15) is 5.75 Å². The van der Waals surface area contributed by atoms with E-state index in [1.165, 1.54) is 0 Å². The van der Waals surface area contributed by atoms with Gasteiger partial charge in [0, 0.05) is 19.2 Å². The van der Waals surface area contributed by atoms with Crippen LogP contribution < -0.4 is 4.74 Å². The first-order valence-corrected chi connectivity index (χ1v) is 6.82. The molecular formula is C15H19ClN2O2. The van der Waals surface area contributed by atoms with Gasteiger partial charge in [-0.05, 0) is 37.1 Å². The van der Waals surface area contributed by atoms with Crippen LogP contribution in [0.4, 0.5) is 0 Å². The Bertz CT molecular complexity index is 623. The number of aryl methyl sites for hydroxylation is 2. The van der Waals surface area contributed by atoms with Gasteiger partial charge in [-0.1, -0.05) is 17.7 Å². The van der Waals surface area contributed by atoms with Crippen molar-refractivity contribution >= 4 is 11.6 Å². The highest BCUT2D eigenvalue weighted by Crippen LogP contribution is 2.29. The van der Waals surface area contributed by atoms with E-state index in [0.717, 1.165) is 22.5 Å². The zero-order valence-electron chi connectivity index (χ0n) is 12.1. The van der Waals surface area contributed by atoms with E-state index in [1.54, 1.807) is 19.2 Å². The molecule has 1 aromatic heterocycles. The minimum absolute atomic E-state index is 0.524. The summed E-state index contributed by atoms with van der Waals surface area (Å²) in [7, 11) is 3.47. The second-order valence-electron chi connectivity index (χ2n) is 4.89. The number of ether oxygens (including phenoxy) is 1. The quantitative estimate of drug-likeness (QED) is 0.943. The molecule has 0 aliphatic carbocycles. The minimum Gasteiger partial charge on any atom is -0.495 e. The average molecular weight is 295 g/mol. The first kappa shape index (κ1) is 14.9. The molecule has 0 radical (unpaired) electrons. The summed E-state index contributed by atoms with van der Waals surface area (Å²) < 4.78 is 7.01. The van der Waals surface area contributed by atoms with Crippen molar-refractivity contribution in [2.45, 2.75) is 26.4 Å². The van der Waals surface area contributed by atoms with Crippen molar-refractivity contribution in [3.8, 4) is 5.75 Å². The summed E-state index contributed by atoms with van der Waals surface area (Å²) in [6, 6.07) is 5.33. The fourth-order valence-electron chi connectivity index (χ4n) is 2.31. The van der Waals surface area contributed by atoms with Gasteiger partial charge in [0.25, 0.3) is 0 Å². The van der Waals surface area contributed by atoms with E-state index < -0.39 is 6.10 Å². The van der Waals surface area contributed by atoms with Crippen molar-refractivity contribution in [3.63, 3.8) is 0 Å². The molecule has 0 aliphatic rings. The number of methoxy groups -OCH3 is 1. The molecule has 1 unspecified atom stereocenters. The SMILES string of the molecule is COc1cc(C(O)Cc2c(C)nn(C)c2C)ccc1Cl. The summed E-state index contributed by atoms with van der Waals surface area (Å²) in [4.78, 5) is 0. The Morgan fingerprint density at radius 1 is 1.40 bits per heavy atom. The minimum atomic E-state index is -0.609. The summed E-state index contributed by atoms with van der Waals surface area (Å²) in [5.41, 5.74) is 3.88. The topological polar surface area (TPSA) is 47.3 Å². The molecule has 1 heterocycles. The van der Waals surface area contributed by atoms with E-state index in [-0.39, 0.29) is 0 Å². The van der Waals surface area contributed by atoms with Gasteiger partial charge in [-0.15, -0.1) is 0 Å². The standard InChI is InChI=1S/C15H19ClN2O2/c1-9-12(10(2)18(3)17-9)8-14(19)11-5-6-13(16)15(7-11)20-4/h5-7,14,19H,8H2,1-4H3. The van der Waals surface area contributed by atoms with Crippen molar-refractivity contribution in [1.82, 2.24) is 9.78 Å². The van der Waals surface area contributed by atoms with Crippen molar-refractivity contribution in [1.29, 1.82) is 0 Å². The third-order valence-electron chi connectivity index (χ3n) is 3.62. The predicted molar refractivity (Wildman–Crippen MR) is 79.3 cm³/mol. The van der Waals surface area contributed by atoms with Crippen molar-refractivity contribution in [2.75, 3.05) is 7.11 Å². The monoisotopic (exact) mass is 294 g/mol. The van der Waals surface area contributed by atoms with Crippen molar-refractivity contribution in [2.24, 2.45) is 7.05 Å². The number of halogens is 1. The van der Waals surface area contributed by atoms with Crippen LogP contribution in [-0.4, -0.2) is 22.0 Å². The van der Waals surface area contributed by atoms with Gasteiger partial charge in [0.2, 0.25) is 0 Å². The largest absolute Gasteiger partial charge is 0.495 e. The molecule has 0 saturated carbocycles. The molecule has 0 spiro atoms. The van der Waals surface area contributed by atoms with Crippen LogP contribution in [0, 0.1) is 13.8 Å². The molecule has 0 amide bonds. The van der Waals surface area contributed by atoms with Gasteiger partial charge in [-0.3, -0.25) is 4.68 Å². The number of nitrogens with zero attached hydrogens (tertiary/aromatic N) is 2. The lowest BCUT2D eigenvalue weighted by molar-refractivity contribution is 0.177. The fourth-order valence-corrected chi connectivity index (χ4v) is 2.50. The van der Waals surface area contributed by atoms with Crippen LogP contribution in [0.15, 0.2) is 18.2 Å². The first-order valence-electron chi connectivity index (χ1n) is 6.44. The molecule has 0 fully saturated rings. The lowest BCUT2D eigenvalue weighted by Gasteiger charge is -2.13. The number of hydrogen-bond donors (Lipinski definition) is 1. The fraction of sp³-hybridized carbons (Fsp3) is 0.400. The zero-order valence-corrected chi connectivity index (χ0v) is 12.9. The number of aliphatic hydroxyl groups excluding tert-OH is 1. The molecule has 20 heavy (non-hydrogen) atoms. The maximum Gasteiger partial charge on any atom is 0.137 e. The third kappa shape index (κ3) is 2.81. The molecule has 1 aromatic carbocycles. The molecule has 0 bridgehead atoms. The number of aliphatic hydroxyl groups is 1. The van der Waals surface area contributed by atoms with E-state index in [2.05, 4.69) is 5.10 Å². The second kappa shape index (κ2) is 5.85. The van der Waals surface area contributed by atoms with Gasteiger partial charge in [0.15, 0.2) is 0 Å². The predicted octanol–water partition coefficient (Wildman–Crippen LogP) is 2.98. The second-order valence-corrected chi connectivity index (χ2v) is 5.29. The number of rotatable bonds is 4. The highest BCUT2D eigenvalue weighted by atomic mass is 35.5. The Balaban J connectivity index is 2.26. The Hall–Kier alpha value is -1.52. The molecule has 1 N–H and O–H groups in total. The molecule has 2 rings (SSSR count). The van der Waals surface area contributed by atoms with E-state index >= 15 is 0 Å². The maximum atomic E-state index is 10.4. The Morgan fingerprint density at radius 3 is 2.65 bits per heavy atom. The molecule has 0 saturated heterocycles. The van der Waals surface area contributed by atoms with E-state index in [4.69, 9.17) is 16.3 Å². The van der Waals surface area contributed by atoms with Gasteiger partial charge >= 0.3 is 0 Å². The van der Waals surface area contributed by atoms with Crippen LogP contribution in [0.25, 0.3) is 0 Å². The highest BCUT2D eigenvalue weighted by Gasteiger charge is 2.16. The van der Waals surface area contributed by atoms with E-state index in [0.29, 0.717) is 17.2 Å². The number of benzene rings is 1. The third-order valence-corrected chi connectivity index (χ3v) is 3.93. The number of hydrogen-bond acceptors (Lipinski definition) is 3. The van der Waals surface area contributed by atoms with Gasteiger partial charge in [0.05, 0.1) is 23.9 Å². The van der Waals surface area contributed by atoms with Crippen molar-refractivity contribution < 1.29 is 9.84 Å². The molecule has 4 nitrogen and oxygen atoms in total. The van der Waals surface area contributed by atoms with E-state index in [9.17, 15) is 5.11 Å². The maximum absolute atomic E-state index is 10.4. The molecule has 0 aliphatic heterocycles. The summed E-state index contributed by atoms with van der Waals surface area (Å²) in [6.45, 7) is 3.96. The van der Waals surface area contributed by atoms with Crippen LogP contribution >= 0.6 is 11.6 Å². The Morgan fingerprint density at radius 2 is 2.10 bits per heavy atom. The normalized spacial score (nSPS) is 12.5. The summed E-state index contributed by atoms with van der Waals surface area (Å²) in [5.74, 6) is 0.572. The summed E-state index contributed by atoms with van der Waals surface area (Å²) in [6.07, 6.45) is -0.0844. The molecule has 2 aromatic rings. The molecule has 108 valence electrons. The molecule has 5 heteroatoms. The molecule has 1 atom stereocenters. The van der Waals surface area contributed by atoms with Crippen molar-refractivity contribution in [3.05, 3.63) is 45.7 Å². The average Bonchev–Trinajstić information content (AvgIpc) is 2.66. The summed E-state index contributed by atoms with van der Waals surface area (Å²) in [5, 5.41) is 15.3. The van der Waals surface area contributed by atoms with Gasteiger partial charge in [-0.2, -0.15) is 5.10 Å². The first-order chi connectivity index (χ1) is 9.43. The van der Waals surface area contributed by atoms with Gasteiger partial charge in [-0.25, -0.2) is 0 Å². The lowest BCUT2D eigenvalue weighted by atomic mass is 10.00. The zero-order chi connectivity index (χ0) is 14.9. The Labute approximate surface area is 123 Å². The lowest BCUT2D eigenvalue weighted by Crippen LogP contribution is -2.04. The Kier molecular flexibility index (Phi) is 4.35.